The minimum atomic E-state index is 0.350. The number of nitrogens with zero attached hydrogens (tertiary/aromatic N) is 2. The van der Waals surface area contributed by atoms with Crippen molar-refractivity contribution in [3.63, 3.8) is 0 Å². The molecule has 0 saturated carbocycles. The van der Waals surface area contributed by atoms with Crippen LogP contribution < -0.4 is 5.73 Å². The zero-order chi connectivity index (χ0) is 13.4. The van der Waals surface area contributed by atoms with E-state index < -0.39 is 0 Å². The van der Waals surface area contributed by atoms with Gasteiger partial charge in [0.25, 0.3) is 0 Å². The van der Waals surface area contributed by atoms with Gasteiger partial charge in [-0.05, 0) is 46.7 Å². The second kappa shape index (κ2) is 5.21. The predicted molar refractivity (Wildman–Crippen MR) is 87.6 cm³/mol. The van der Waals surface area contributed by atoms with Gasteiger partial charge in [-0.1, -0.05) is 29.8 Å². The van der Waals surface area contributed by atoms with Crippen molar-refractivity contribution in [2.24, 2.45) is 7.05 Å². The van der Waals surface area contributed by atoms with Crippen LogP contribution in [-0.2, 0) is 7.05 Å². The van der Waals surface area contributed by atoms with Crippen LogP contribution in [0.25, 0.3) is 11.3 Å². The number of halogens is 2. The van der Waals surface area contributed by atoms with Gasteiger partial charge < -0.3 is 5.73 Å². The third kappa shape index (κ3) is 2.42. The summed E-state index contributed by atoms with van der Waals surface area (Å²) in [5, 5.41) is 4.57. The summed E-state index contributed by atoms with van der Waals surface area (Å²) < 4.78 is 3.98. The van der Waals surface area contributed by atoms with E-state index in [9.17, 15) is 0 Å². The van der Waals surface area contributed by atoms with Crippen LogP contribution in [0.4, 0.5) is 5.82 Å². The molecule has 96 valence electrons. The molecule has 0 aliphatic carbocycles. The van der Waals surface area contributed by atoms with Gasteiger partial charge in [0.2, 0.25) is 0 Å². The maximum Gasteiger partial charge on any atom is 0.125 e. The second-order valence-electron chi connectivity index (χ2n) is 4.55. The molecule has 0 radical (unpaired) electrons. The second-order valence-corrected chi connectivity index (χ2v) is 6.63. The van der Waals surface area contributed by atoms with E-state index in [0.717, 1.165) is 27.1 Å². The van der Waals surface area contributed by atoms with Gasteiger partial charge >= 0.3 is 0 Å². The van der Waals surface area contributed by atoms with Crippen LogP contribution in [0.1, 0.15) is 25.3 Å². The van der Waals surface area contributed by atoms with Crippen molar-refractivity contribution in [2.45, 2.75) is 19.8 Å². The Hall–Kier alpha value is -0.560. The molecule has 0 aliphatic heterocycles. The highest BCUT2D eigenvalue weighted by molar-refractivity contribution is 14.1. The van der Waals surface area contributed by atoms with Crippen LogP contribution in [0.5, 0.6) is 0 Å². The monoisotopic (exact) mass is 419 g/mol. The third-order valence-electron chi connectivity index (χ3n) is 2.89. The number of anilines is 1. The first-order valence-electron chi connectivity index (χ1n) is 5.69. The highest BCUT2D eigenvalue weighted by atomic mass is 127. The van der Waals surface area contributed by atoms with E-state index in [0.29, 0.717) is 5.92 Å². The average molecular weight is 420 g/mol. The lowest BCUT2D eigenvalue weighted by atomic mass is 9.99. The summed E-state index contributed by atoms with van der Waals surface area (Å²) in [7, 11) is 1.88. The molecular weight excluding hydrogens is 405 g/mol. The number of nitrogens with two attached hydrogens (primary N) is 1. The van der Waals surface area contributed by atoms with Crippen molar-refractivity contribution in [1.82, 2.24) is 9.78 Å². The number of hydrogen-bond donors (Lipinski definition) is 1. The van der Waals surface area contributed by atoms with Crippen molar-refractivity contribution < 1.29 is 0 Å². The molecule has 0 unspecified atom stereocenters. The van der Waals surface area contributed by atoms with Gasteiger partial charge in [0.1, 0.15) is 5.82 Å². The summed E-state index contributed by atoms with van der Waals surface area (Å²) in [6.45, 7) is 4.28. The molecule has 1 aromatic heterocycles. The zero-order valence-corrected chi connectivity index (χ0v) is 14.3. The fourth-order valence-electron chi connectivity index (χ4n) is 2.00. The quantitative estimate of drug-likeness (QED) is 0.742. The van der Waals surface area contributed by atoms with Crippen molar-refractivity contribution in [2.75, 3.05) is 5.73 Å². The average Bonchev–Trinajstić information content (AvgIpc) is 2.59. The maximum atomic E-state index is 6.12. The number of nitrogen functional groups attached to an aromatic ring is 1. The molecule has 1 heterocycles. The largest absolute Gasteiger partial charge is 0.384 e. The molecule has 3 nitrogen and oxygen atoms in total. The van der Waals surface area contributed by atoms with Crippen molar-refractivity contribution in [3.05, 3.63) is 31.8 Å². The molecule has 2 rings (SSSR count). The lowest BCUT2D eigenvalue weighted by molar-refractivity contribution is 0.779. The number of hydrogen-bond acceptors (Lipinski definition) is 2. The van der Waals surface area contributed by atoms with Gasteiger partial charge in [-0.15, -0.1) is 0 Å². The van der Waals surface area contributed by atoms with Gasteiger partial charge in [-0.25, -0.2) is 0 Å². The molecule has 0 bridgehead atoms. The summed E-state index contributed by atoms with van der Waals surface area (Å²) in [5.74, 6) is 1.10. The molecule has 0 atom stereocenters. The molecule has 0 aliphatic rings. The van der Waals surface area contributed by atoms with Crippen LogP contribution >= 0.6 is 38.5 Å². The Labute approximate surface area is 129 Å². The van der Waals surface area contributed by atoms with Gasteiger partial charge in [0.15, 0.2) is 0 Å². The van der Waals surface area contributed by atoms with Crippen LogP contribution in [0.2, 0.25) is 0 Å². The molecule has 0 amide bonds. The fourth-order valence-corrected chi connectivity index (χ4v) is 2.95. The molecule has 5 heteroatoms. The summed E-state index contributed by atoms with van der Waals surface area (Å²) in [6.07, 6.45) is 0. The van der Waals surface area contributed by atoms with Crippen molar-refractivity contribution in [3.8, 4) is 11.3 Å². The Balaban J connectivity index is 2.71. The fraction of sp³-hybridized carbons (Fsp3) is 0.308. The van der Waals surface area contributed by atoms with Gasteiger partial charge in [-0.2, -0.15) is 5.10 Å². The Bertz CT molecular complexity index is 590. The zero-order valence-electron chi connectivity index (χ0n) is 10.5. The molecule has 0 saturated heterocycles. The van der Waals surface area contributed by atoms with Crippen LogP contribution in [0, 0.1) is 3.57 Å². The minimum absolute atomic E-state index is 0.350. The Morgan fingerprint density at radius 3 is 2.67 bits per heavy atom. The van der Waals surface area contributed by atoms with Crippen molar-refractivity contribution >= 4 is 44.3 Å². The van der Waals surface area contributed by atoms with Gasteiger partial charge in [0, 0.05) is 26.2 Å². The normalized spacial score (nSPS) is 11.2. The summed E-state index contributed by atoms with van der Waals surface area (Å²) >= 11 is 5.84. The van der Waals surface area contributed by atoms with Crippen LogP contribution in [0.3, 0.4) is 0 Å². The molecule has 1 aromatic carbocycles. The van der Waals surface area contributed by atoms with Gasteiger partial charge in [0.05, 0.1) is 5.69 Å². The molecule has 0 spiro atoms. The first-order valence-corrected chi connectivity index (χ1v) is 7.56. The molecule has 2 N–H and O–H groups in total. The van der Waals surface area contributed by atoms with Crippen molar-refractivity contribution in [1.29, 1.82) is 0 Å². The van der Waals surface area contributed by atoms with E-state index in [4.69, 9.17) is 5.73 Å². The summed E-state index contributed by atoms with van der Waals surface area (Å²) in [6, 6.07) is 6.21. The molecular formula is C13H15BrIN3. The molecule has 2 aromatic rings. The van der Waals surface area contributed by atoms with E-state index in [-0.39, 0.29) is 0 Å². The first kappa shape index (κ1) is 13.9. The number of rotatable bonds is 2. The molecule has 0 fully saturated rings. The summed E-state index contributed by atoms with van der Waals surface area (Å²) in [4.78, 5) is 0. The Kier molecular flexibility index (Phi) is 4.01. The van der Waals surface area contributed by atoms with Gasteiger partial charge in [-0.3, -0.25) is 4.68 Å². The number of benzene rings is 1. The summed E-state index contributed by atoms with van der Waals surface area (Å²) in [5.41, 5.74) is 9.34. The van der Waals surface area contributed by atoms with E-state index in [1.807, 2.05) is 13.1 Å². The number of aryl methyl sites for hydroxylation is 1. The van der Waals surface area contributed by atoms with E-state index >= 15 is 0 Å². The highest BCUT2D eigenvalue weighted by Gasteiger charge is 2.19. The Morgan fingerprint density at radius 1 is 1.39 bits per heavy atom. The number of aromatic nitrogens is 2. The smallest absolute Gasteiger partial charge is 0.125 e. The third-order valence-corrected chi connectivity index (χ3v) is 4.32. The topological polar surface area (TPSA) is 43.8 Å². The SMILES string of the molecule is CC(C)c1c(-c2cc(Br)ccc2I)nn(C)c1N. The first-order chi connectivity index (χ1) is 8.41. The predicted octanol–water partition coefficient (Wildman–Crippen LogP) is 4.16. The Morgan fingerprint density at radius 2 is 2.06 bits per heavy atom. The van der Waals surface area contributed by atoms with E-state index in [2.05, 4.69) is 69.6 Å². The van der Waals surface area contributed by atoms with Crippen LogP contribution in [-0.4, -0.2) is 9.78 Å². The lowest BCUT2D eigenvalue weighted by Crippen LogP contribution is -2.00. The highest BCUT2D eigenvalue weighted by Crippen LogP contribution is 2.36. The van der Waals surface area contributed by atoms with E-state index in [1.165, 1.54) is 3.57 Å². The molecule has 18 heavy (non-hydrogen) atoms. The van der Waals surface area contributed by atoms with Crippen LogP contribution in [0.15, 0.2) is 22.7 Å². The standard InChI is InChI=1S/C13H15BrIN3/c1-7(2)11-12(17-18(3)13(11)16)9-6-8(14)4-5-10(9)15/h4-7H,16H2,1-3H3. The van der Waals surface area contributed by atoms with E-state index in [1.54, 1.807) is 4.68 Å². The lowest BCUT2D eigenvalue weighted by Gasteiger charge is -2.09. The minimum Gasteiger partial charge on any atom is -0.384 e. The maximum absolute atomic E-state index is 6.12.